The molecule has 5 saturated carbocycles. The van der Waals surface area contributed by atoms with Crippen molar-refractivity contribution in [2.24, 2.45) is 41.4 Å². The van der Waals surface area contributed by atoms with E-state index >= 15 is 35.1 Å². The van der Waals surface area contributed by atoms with Gasteiger partial charge in [0.25, 0.3) is 0 Å². The van der Waals surface area contributed by atoms with E-state index in [2.05, 4.69) is 0 Å². The average molecular weight is 664 g/mol. The molecule has 0 spiro atoms. The maximum absolute atomic E-state index is 15.8. The fourth-order valence-electron chi connectivity index (χ4n) is 8.70. The second-order valence-electron chi connectivity index (χ2n) is 12.3. The Morgan fingerprint density at radius 2 is 0.419 bits per heavy atom. The topological polar surface area (TPSA) is 20.2 Å². The van der Waals surface area contributed by atoms with E-state index in [0.717, 1.165) is 0 Å². The van der Waals surface area contributed by atoms with Crippen LogP contribution in [-0.4, -0.2) is 116 Å². The standard InChI is InChI=1S/C25H25F17O/c26-8-1-2-6(15(33)23(41)19(37)9(2)27)25(43,5(1)14(32)22(40)18(8)36)7-16(34)10(28)3(11(29)17(7)35)4-12(30)20(38)24(42)21(39)13(4)31/h1-24,43H. The van der Waals surface area contributed by atoms with Crippen LogP contribution in [0, 0.1) is 41.4 Å². The van der Waals surface area contributed by atoms with Gasteiger partial charge in [0.05, 0.1) is 11.5 Å². The zero-order valence-electron chi connectivity index (χ0n) is 21.2. The molecular formula is C25H25F17O. The second-order valence-corrected chi connectivity index (χ2v) is 12.3. The molecule has 0 heterocycles. The maximum atomic E-state index is 15.8. The van der Waals surface area contributed by atoms with Crippen molar-refractivity contribution in [2.45, 2.75) is 111 Å². The van der Waals surface area contributed by atoms with Gasteiger partial charge in [-0.2, -0.15) is 0 Å². The first-order chi connectivity index (χ1) is 19.8. The Labute approximate surface area is 232 Å². The van der Waals surface area contributed by atoms with Gasteiger partial charge in [0.1, 0.15) is 61.7 Å². The third kappa shape index (κ3) is 4.20. The predicted molar refractivity (Wildman–Crippen MR) is 113 cm³/mol. The van der Waals surface area contributed by atoms with Gasteiger partial charge in [-0.1, -0.05) is 0 Å². The Morgan fingerprint density at radius 1 is 0.233 bits per heavy atom. The smallest absolute Gasteiger partial charge is 0.168 e. The Hall–Kier alpha value is -1.23. The highest BCUT2D eigenvalue weighted by molar-refractivity contribution is 5.26. The lowest BCUT2D eigenvalue weighted by Gasteiger charge is -2.54. The lowest BCUT2D eigenvalue weighted by Crippen LogP contribution is -2.70. The van der Waals surface area contributed by atoms with Crippen molar-refractivity contribution in [2.75, 3.05) is 0 Å². The summed E-state index contributed by atoms with van der Waals surface area (Å²) in [6, 6.07) is 0. The average Bonchev–Trinajstić information content (AvgIpc) is 3.25. The van der Waals surface area contributed by atoms with E-state index in [9.17, 15) is 44.6 Å². The molecule has 0 aliphatic heterocycles. The van der Waals surface area contributed by atoms with E-state index in [1.54, 1.807) is 0 Å². The monoisotopic (exact) mass is 664 g/mol. The van der Waals surface area contributed by atoms with E-state index in [1.165, 1.54) is 0 Å². The summed E-state index contributed by atoms with van der Waals surface area (Å²) < 4.78 is 252. The Kier molecular flexibility index (Phi) is 8.43. The molecule has 0 aromatic rings. The first kappa shape index (κ1) is 33.1. The highest BCUT2D eigenvalue weighted by Crippen LogP contribution is 2.67. The molecule has 20 atom stereocenters. The van der Waals surface area contributed by atoms with Crippen molar-refractivity contribution >= 4 is 0 Å². The summed E-state index contributed by atoms with van der Waals surface area (Å²) in [7, 11) is 0. The molecule has 5 aliphatic rings. The number of alkyl halides is 17. The highest BCUT2D eigenvalue weighted by atomic mass is 19.2. The summed E-state index contributed by atoms with van der Waals surface area (Å²) in [6.07, 6.45) is -61.6. The van der Waals surface area contributed by atoms with E-state index in [4.69, 9.17) is 0 Å². The molecule has 5 fully saturated rings. The normalized spacial score (nSPS) is 66.0. The molecule has 43 heavy (non-hydrogen) atoms. The van der Waals surface area contributed by atoms with Gasteiger partial charge < -0.3 is 5.11 Å². The Morgan fingerprint density at radius 3 is 0.721 bits per heavy atom. The Bertz CT molecular complexity index is 956. The van der Waals surface area contributed by atoms with E-state index < -0.39 is 152 Å². The quantitative estimate of drug-likeness (QED) is 0.368. The molecule has 18 heteroatoms. The fraction of sp³-hybridized carbons (Fsp3) is 1.00. The first-order valence-electron chi connectivity index (χ1n) is 13.5. The summed E-state index contributed by atoms with van der Waals surface area (Å²) >= 11 is 0. The number of fused-ring (bicyclic) bond motifs is 3. The highest BCUT2D eigenvalue weighted by Gasteiger charge is 2.80. The van der Waals surface area contributed by atoms with E-state index in [-0.39, 0.29) is 0 Å². The van der Waals surface area contributed by atoms with Gasteiger partial charge >= 0.3 is 0 Å². The minimum atomic E-state index is -4.23. The second kappa shape index (κ2) is 10.9. The van der Waals surface area contributed by atoms with Crippen molar-refractivity contribution < 1.29 is 79.7 Å². The van der Waals surface area contributed by atoms with Gasteiger partial charge in [-0.15, -0.1) is 0 Å². The molecule has 0 aromatic heterocycles. The molecule has 0 saturated heterocycles. The Balaban J connectivity index is 1.61. The summed E-state index contributed by atoms with van der Waals surface area (Å²) in [5.41, 5.74) is -4.23. The van der Waals surface area contributed by atoms with Gasteiger partial charge in [-0.25, -0.2) is 74.6 Å². The lowest BCUT2D eigenvalue weighted by atomic mass is 9.57. The zero-order valence-corrected chi connectivity index (χ0v) is 21.2. The van der Waals surface area contributed by atoms with Crippen molar-refractivity contribution in [3.8, 4) is 0 Å². The third-order valence-electron chi connectivity index (χ3n) is 10.5. The lowest BCUT2D eigenvalue weighted by molar-refractivity contribution is -0.236. The number of rotatable bonds is 2. The van der Waals surface area contributed by atoms with Crippen molar-refractivity contribution in [3.63, 3.8) is 0 Å². The van der Waals surface area contributed by atoms with Crippen LogP contribution < -0.4 is 0 Å². The minimum absolute atomic E-state index is 2.86. The minimum Gasteiger partial charge on any atom is -0.389 e. The SMILES string of the molecule is OC1(C2C(F)C(F)C(C3C(F)C(F)C(F)C(F)C3F)C(F)C2F)C2C(F)C(F)C(F)C(F)C2C2C(F)C(F)C(F)C(F)C21. The van der Waals surface area contributed by atoms with Crippen LogP contribution in [0.25, 0.3) is 0 Å². The van der Waals surface area contributed by atoms with Crippen LogP contribution in [0.4, 0.5) is 74.6 Å². The molecule has 1 nitrogen and oxygen atoms in total. The molecule has 0 aromatic carbocycles. The third-order valence-corrected chi connectivity index (χ3v) is 10.5. The molecule has 0 radical (unpaired) electrons. The molecule has 5 aliphatic carbocycles. The number of halogens is 17. The summed E-state index contributed by atoms with van der Waals surface area (Å²) in [6.45, 7) is 0. The molecular weight excluding hydrogens is 639 g/mol. The molecule has 20 unspecified atom stereocenters. The van der Waals surface area contributed by atoms with E-state index in [1.807, 2.05) is 0 Å². The van der Waals surface area contributed by atoms with E-state index in [0.29, 0.717) is 0 Å². The van der Waals surface area contributed by atoms with Gasteiger partial charge in [-0.3, -0.25) is 0 Å². The van der Waals surface area contributed by atoms with Crippen LogP contribution in [0.5, 0.6) is 0 Å². The van der Waals surface area contributed by atoms with Crippen molar-refractivity contribution in [3.05, 3.63) is 0 Å². The van der Waals surface area contributed by atoms with Gasteiger partial charge in [0.15, 0.2) is 43.2 Å². The summed E-state index contributed by atoms with van der Waals surface area (Å²) in [5.74, 6) is -22.2. The van der Waals surface area contributed by atoms with Gasteiger partial charge in [0, 0.05) is 35.5 Å². The van der Waals surface area contributed by atoms with Gasteiger partial charge in [-0.05, 0) is 0 Å². The largest absolute Gasteiger partial charge is 0.389 e. The van der Waals surface area contributed by atoms with Crippen LogP contribution in [0.2, 0.25) is 0 Å². The van der Waals surface area contributed by atoms with Crippen LogP contribution in [-0.2, 0) is 0 Å². The number of hydrogen-bond acceptors (Lipinski definition) is 1. The molecule has 250 valence electrons. The van der Waals surface area contributed by atoms with Crippen LogP contribution in [0.3, 0.4) is 0 Å². The van der Waals surface area contributed by atoms with Crippen molar-refractivity contribution in [1.82, 2.24) is 0 Å². The molecule has 0 amide bonds. The molecule has 0 bridgehead atoms. The summed E-state index contributed by atoms with van der Waals surface area (Å²) in [4.78, 5) is 0. The zero-order chi connectivity index (χ0) is 32.4. The van der Waals surface area contributed by atoms with Crippen molar-refractivity contribution in [1.29, 1.82) is 0 Å². The molecule has 1 N–H and O–H groups in total. The first-order valence-corrected chi connectivity index (χ1v) is 13.5. The fourth-order valence-corrected chi connectivity index (χ4v) is 8.70. The summed E-state index contributed by atoms with van der Waals surface area (Å²) in [5, 5.41) is 11.6. The van der Waals surface area contributed by atoms with Gasteiger partial charge in [0.2, 0.25) is 0 Å². The number of aliphatic hydroxyl groups is 1. The maximum Gasteiger partial charge on any atom is 0.168 e. The van der Waals surface area contributed by atoms with Crippen LogP contribution in [0.1, 0.15) is 0 Å². The molecule has 5 rings (SSSR count). The van der Waals surface area contributed by atoms with Crippen LogP contribution >= 0.6 is 0 Å². The number of hydrogen-bond donors (Lipinski definition) is 1. The van der Waals surface area contributed by atoms with Crippen LogP contribution in [0.15, 0.2) is 0 Å². The predicted octanol–water partition coefficient (Wildman–Crippen LogP) is 5.85.